The number of carbonyl (C=O) groups is 1. The van der Waals surface area contributed by atoms with Crippen molar-refractivity contribution in [1.29, 1.82) is 0 Å². The molecular weight excluding hydrogens is 338 g/mol. The van der Waals surface area contributed by atoms with Gasteiger partial charge in [-0.05, 0) is 24.8 Å². The topological polar surface area (TPSA) is 63.1 Å². The number of aryl methyl sites for hydroxylation is 1. The molecule has 1 aromatic carbocycles. The normalized spacial score (nSPS) is 23.0. The summed E-state index contributed by atoms with van der Waals surface area (Å²) in [5.74, 6) is 1.01. The predicted octanol–water partition coefficient (Wildman–Crippen LogP) is 3.26. The lowest BCUT2D eigenvalue weighted by Gasteiger charge is -2.31. The quantitative estimate of drug-likeness (QED) is 0.908. The Morgan fingerprint density at radius 2 is 2.04 bits per heavy atom. The van der Waals surface area contributed by atoms with E-state index in [1.807, 2.05) is 27.8 Å². The van der Waals surface area contributed by atoms with Crippen LogP contribution in [-0.2, 0) is 13.0 Å². The smallest absolute Gasteiger partial charge is 0.318 e. The van der Waals surface area contributed by atoms with Crippen LogP contribution in [0.4, 0.5) is 4.79 Å². The van der Waals surface area contributed by atoms with E-state index in [4.69, 9.17) is 0 Å². The highest BCUT2D eigenvalue weighted by atomic mass is 16.2. The van der Waals surface area contributed by atoms with Gasteiger partial charge in [0.15, 0.2) is 0 Å². The number of hydrogen-bond donors (Lipinski definition) is 1. The van der Waals surface area contributed by atoms with Crippen LogP contribution in [0.15, 0.2) is 42.7 Å². The summed E-state index contributed by atoms with van der Waals surface area (Å²) in [6.45, 7) is 1.52. The molecule has 142 valence electrons. The van der Waals surface area contributed by atoms with Gasteiger partial charge in [0.05, 0.1) is 18.6 Å². The summed E-state index contributed by atoms with van der Waals surface area (Å²) in [6.07, 6.45) is 12.2. The predicted molar refractivity (Wildman–Crippen MR) is 105 cm³/mol. The Labute approximate surface area is 160 Å². The second-order valence-electron chi connectivity index (χ2n) is 7.42. The number of fused-ring (bicyclic) bond motifs is 1. The van der Waals surface area contributed by atoms with Crippen molar-refractivity contribution in [3.63, 3.8) is 0 Å². The molecule has 6 nitrogen and oxygen atoms in total. The molecule has 2 aromatic rings. The Morgan fingerprint density at radius 3 is 2.93 bits per heavy atom. The second kappa shape index (κ2) is 8.37. The first kappa shape index (κ1) is 17.8. The Balaban J connectivity index is 1.42. The van der Waals surface area contributed by atoms with Crippen LogP contribution < -0.4 is 5.32 Å². The van der Waals surface area contributed by atoms with Gasteiger partial charge in [0.25, 0.3) is 0 Å². The third-order valence-corrected chi connectivity index (χ3v) is 5.50. The van der Waals surface area contributed by atoms with E-state index in [1.165, 1.54) is 18.4 Å². The molecule has 0 bridgehead atoms. The van der Waals surface area contributed by atoms with Crippen molar-refractivity contribution in [2.45, 2.75) is 57.2 Å². The van der Waals surface area contributed by atoms with E-state index >= 15 is 0 Å². The lowest BCUT2D eigenvalue weighted by Crippen LogP contribution is -2.50. The Kier molecular flexibility index (Phi) is 5.51. The molecular formula is C21H27N5O. The average molecular weight is 365 g/mol. The first-order valence-electron chi connectivity index (χ1n) is 9.96. The molecule has 1 fully saturated rings. The van der Waals surface area contributed by atoms with E-state index in [0.29, 0.717) is 6.54 Å². The number of nitrogens with one attached hydrogen (secondary N) is 1. The van der Waals surface area contributed by atoms with Crippen molar-refractivity contribution in [2.75, 3.05) is 6.54 Å². The van der Waals surface area contributed by atoms with Crippen molar-refractivity contribution in [1.82, 2.24) is 25.0 Å². The Morgan fingerprint density at radius 1 is 1.15 bits per heavy atom. The van der Waals surface area contributed by atoms with Crippen molar-refractivity contribution >= 4 is 12.1 Å². The van der Waals surface area contributed by atoms with Crippen molar-refractivity contribution in [3.05, 3.63) is 54.1 Å². The lowest BCUT2D eigenvalue weighted by atomic mass is 10.1. The van der Waals surface area contributed by atoms with Crippen LogP contribution in [0.25, 0.3) is 6.08 Å². The molecule has 6 heteroatoms. The largest absolute Gasteiger partial charge is 0.333 e. The van der Waals surface area contributed by atoms with E-state index in [9.17, 15) is 4.79 Å². The third-order valence-electron chi connectivity index (χ3n) is 5.50. The maximum Gasteiger partial charge on any atom is 0.318 e. The summed E-state index contributed by atoms with van der Waals surface area (Å²) < 4.78 is 1.91. The summed E-state index contributed by atoms with van der Waals surface area (Å²) >= 11 is 0. The van der Waals surface area contributed by atoms with Gasteiger partial charge in [0.1, 0.15) is 12.2 Å². The van der Waals surface area contributed by atoms with Gasteiger partial charge >= 0.3 is 6.03 Å². The molecule has 0 spiro atoms. The monoisotopic (exact) mass is 365 g/mol. The second-order valence-corrected chi connectivity index (χ2v) is 7.42. The highest BCUT2D eigenvalue weighted by molar-refractivity contribution is 5.75. The fourth-order valence-corrected chi connectivity index (χ4v) is 3.99. The molecule has 0 saturated carbocycles. The standard InChI is InChI=1S/C21H27N5O/c27-21(24-18-11-13-20-22-16-23-26(20)15-18)25-14-6-2-5-9-19(25)12-10-17-7-3-1-4-8-17/h1,3-4,7-8,10,12,16,18-19H,2,5-6,9,11,13-15H2,(H,24,27)/b12-10+. The Hall–Kier alpha value is -2.63. The third kappa shape index (κ3) is 4.38. The molecule has 0 aliphatic carbocycles. The van der Waals surface area contributed by atoms with Crippen LogP contribution >= 0.6 is 0 Å². The minimum atomic E-state index is 0.0492. The fraction of sp³-hybridized carbons (Fsp3) is 0.476. The highest BCUT2D eigenvalue weighted by Crippen LogP contribution is 2.20. The first-order chi connectivity index (χ1) is 13.3. The number of likely N-dealkylation sites (tertiary alicyclic amines) is 1. The SMILES string of the molecule is O=C(NC1CCc2ncnn2C1)N1CCCCCC1/C=C/c1ccccc1. The van der Waals surface area contributed by atoms with Gasteiger partial charge in [0.2, 0.25) is 0 Å². The van der Waals surface area contributed by atoms with Crippen LogP contribution in [0.2, 0.25) is 0 Å². The van der Waals surface area contributed by atoms with Gasteiger partial charge in [-0.3, -0.25) is 0 Å². The molecule has 3 heterocycles. The van der Waals surface area contributed by atoms with Gasteiger partial charge in [-0.25, -0.2) is 14.5 Å². The van der Waals surface area contributed by atoms with Crippen LogP contribution in [0.5, 0.6) is 0 Å². The lowest BCUT2D eigenvalue weighted by molar-refractivity contribution is 0.179. The van der Waals surface area contributed by atoms with E-state index in [2.05, 4.69) is 39.7 Å². The zero-order valence-electron chi connectivity index (χ0n) is 15.6. The minimum absolute atomic E-state index is 0.0492. The number of amides is 2. The van der Waals surface area contributed by atoms with E-state index < -0.39 is 0 Å². The summed E-state index contributed by atoms with van der Waals surface area (Å²) in [5.41, 5.74) is 1.17. The molecule has 1 aromatic heterocycles. The highest BCUT2D eigenvalue weighted by Gasteiger charge is 2.27. The molecule has 2 atom stereocenters. The number of nitrogens with zero attached hydrogens (tertiary/aromatic N) is 4. The number of urea groups is 1. The molecule has 1 saturated heterocycles. The molecule has 2 aliphatic heterocycles. The molecule has 2 amide bonds. The number of carbonyl (C=O) groups excluding carboxylic acids is 1. The maximum atomic E-state index is 13.0. The number of rotatable bonds is 3. The van der Waals surface area contributed by atoms with E-state index in [-0.39, 0.29) is 18.1 Å². The summed E-state index contributed by atoms with van der Waals surface area (Å²) in [4.78, 5) is 19.3. The molecule has 27 heavy (non-hydrogen) atoms. The molecule has 0 radical (unpaired) electrons. The number of aromatic nitrogens is 3. The summed E-state index contributed by atoms with van der Waals surface area (Å²) in [7, 11) is 0. The zero-order chi connectivity index (χ0) is 18.5. The fourth-order valence-electron chi connectivity index (χ4n) is 3.99. The molecule has 2 aliphatic rings. The number of hydrogen-bond acceptors (Lipinski definition) is 3. The first-order valence-corrected chi connectivity index (χ1v) is 9.96. The van der Waals surface area contributed by atoms with Gasteiger partial charge in [-0.15, -0.1) is 0 Å². The minimum Gasteiger partial charge on any atom is -0.333 e. The van der Waals surface area contributed by atoms with Crippen molar-refractivity contribution < 1.29 is 4.79 Å². The van der Waals surface area contributed by atoms with Crippen LogP contribution in [-0.4, -0.2) is 44.3 Å². The molecule has 1 N–H and O–H groups in total. The van der Waals surface area contributed by atoms with Crippen LogP contribution in [0.3, 0.4) is 0 Å². The Bertz CT molecular complexity index is 785. The summed E-state index contributed by atoms with van der Waals surface area (Å²) in [5, 5.41) is 7.49. The number of benzene rings is 1. The zero-order valence-corrected chi connectivity index (χ0v) is 15.6. The van der Waals surface area contributed by atoms with Gasteiger partial charge in [-0.2, -0.15) is 5.10 Å². The average Bonchev–Trinajstić information content (AvgIpc) is 3.03. The van der Waals surface area contributed by atoms with Crippen molar-refractivity contribution in [3.8, 4) is 0 Å². The van der Waals surface area contributed by atoms with E-state index in [0.717, 1.165) is 38.1 Å². The summed E-state index contributed by atoms with van der Waals surface area (Å²) in [6, 6.07) is 10.6. The van der Waals surface area contributed by atoms with Crippen LogP contribution in [0.1, 0.15) is 43.5 Å². The van der Waals surface area contributed by atoms with Crippen LogP contribution in [0, 0.1) is 0 Å². The van der Waals surface area contributed by atoms with E-state index in [1.54, 1.807) is 6.33 Å². The molecule has 2 unspecified atom stereocenters. The molecule has 4 rings (SSSR count). The van der Waals surface area contributed by atoms with Gasteiger partial charge in [0, 0.05) is 13.0 Å². The van der Waals surface area contributed by atoms with Gasteiger partial charge < -0.3 is 10.2 Å². The van der Waals surface area contributed by atoms with Crippen molar-refractivity contribution in [2.24, 2.45) is 0 Å². The maximum absolute atomic E-state index is 13.0. The van der Waals surface area contributed by atoms with Gasteiger partial charge in [-0.1, -0.05) is 55.3 Å².